The van der Waals surface area contributed by atoms with Gasteiger partial charge in [0.1, 0.15) is 0 Å². The lowest BCUT2D eigenvalue weighted by molar-refractivity contribution is 0.0280. The lowest BCUT2D eigenvalue weighted by Gasteiger charge is -2.16. The number of aliphatic hydroxyl groups excluding tert-OH is 1. The van der Waals surface area contributed by atoms with Crippen molar-refractivity contribution in [2.75, 3.05) is 26.3 Å². The molecule has 0 heterocycles. The van der Waals surface area contributed by atoms with Crippen molar-refractivity contribution in [1.29, 1.82) is 0 Å². The Bertz CT molecular complexity index is 464. The fourth-order valence-electron chi connectivity index (χ4n) is 1.92. The largest absolute Gasteiger partial charge is 0.389 e. The van der Waals surface area contributed by atoms with E-state index in [0.29, 0.717) is 38.2 Å². The molecule has 1 unspecified atom stereocenters. The number of aliphatic hydroxyl groups is 1. The van der Waals surface area contributed by atoms with Crippen LogP contribution in [-0.4, -0.2) is 43.5 Å². The van der Waals surface area contributed by atoms with Gasteiger partial charge in [0, 0.05) is 19.7 Å². The molecule has 1 atom stereocenters. The Morgan fingerprint density at radius 2 is 1.83 bits per heavy atom. The number of halogens is 1. The maximum atomic E-state index is 9.92. The Kier molecular flexibility index (Phi) is 13.0. The molecule has 0 spiro atoms. The number of rotatable bonds is 9. The number of guanidine groups is 1. The van der Waals surface area contributed by atoms with Crippen molar-refractivity contribution in [3.63, 3.8) is 0 Å². The van der Waals surface area contributed by atoms with Crippen molar-refractivity contribution in [3.05, 3.63) is 35.4 Å². The minimum atomic E-state index is -0.544. The van der Waals surface area contributed by atoms with E-state index in [0.717, 1.165) is 12.1 Å². The van der Waals surface area contributed by atoms with Crippen molar-refractivity contribution in [3.8, 4) is 0 Å². The molecule has 0 aliphatic heterocycles. The molecule has 138 valence electrons. The first-order chi connectivity index (χ1) is 11.0. The van der Waals surface area contributed by atoms with E-state index in [1.54, 1.807) is 0 Å². The summed E-state index contributed by atoms with van der Waals surface area (Å²) in [5.41, 5.74) is 2.40. The molecule has 24 heavy (non-hydrogen) atoms. The van der Waals surface area contributed by atoms with Crippen LogP contribution >= 0.6 is 24.0 Å². The van der Waals surface area contributed by atoms with Gasteiger partial charge in [-0.15, -0.1) is 24.0 Å². The zero-order valence-corrected chi connectivity index (χ0v) is 17.5. The number of benzene rings is 1. The third kappa shape index (κ3) is 10.8. The highest BCUT2D eigenvalue weighted by atomic mass is 127. The van der Waals surface area contributed by atoms with Crippen LogP contribution in [0.15, 0.2) is 29.3 Å². The Balaban J connectivity index is 0.00000529. The molecule has 0 saturated heterocycles. The summed E-state index contributed by atoms with van der Waals surface area (Å²) in [7, 11) is 0. The second-order valence-electron chi connectivity index (χ2n) is 6.15. The van der Waals surface area contributed by atoms with Gasteiger partial charge in [0.25, 0.3) is 0 Å². The van der Waals surface area contributed by atoms with Crippen molar-refractivity contribution in [1.82, 2.24) is 10.6 Å². The smallest absolute Gasteiger partial charge is 0.191 e. The van der Waals surface area contributed by atoms with Crippen LogP contribution in [0, 0.1) is 12.8 Å². The van der Waals surface area contributed by atoms with E-state index < -0.39 is 6.10 Å². The first-order valence-electron chi connectivity index (χ1n) is 8.34. The zero-order valence-electron chi connectivity index (χ0n) is 15.2. The van der Waals surface area contributed by atoms with Crippen LogP contribution < -0.4 is 10.6 Å². The summed E-state index contributed by atoms with van der Waals surface area (Å²) in [6, 6.07) is 8.33. The number of aliphatic imine (C=N–C) groups is 1. The molecule has 1 rings (SSSR count). The predicted octanol–water partition coefficient (Wildman–Crippen LogP) is 2.70. The quantitative estimate of drug-likeness (QED) is 0.308. The molecule has 1 aromatic rings. The maximum absolute atomic E-state index is 9.92. The maximum Gasteiger partial charge on any atom is 0.191 e. The molecular weight excluding hydrogens is 417 g/mol. The molecule has 0 aliphatic carbocycles. The van der Waals surface area contributed by atoms with E-state index in [1.165, 1.54) is 5.56 Å². The third-order valence-corrected chi connectivity index (χ3v) is 3.15. The van der Waals surface area contributed by atoms with E-state index in [-0.39, 0.29) is 24.0 Å². The number of nitrogens with zero attached hydrogens (tertiary/aromatic N) is 1. The normalized spacial score (nSPS) is 12.7. The zero-order chi connectivity index (χ0) is 17.1. The van der Waals surface area contributed by atoms with E-state index >= 15 is 0 Å². The van der Waals surface area contributed by atoms with Crippen LogP contribution in [0.25, 0.3) is 0 Å². The topological polar surface area (TPSA) is 65.9 Å². The molecule has 0 amide bonds. The highest BCUT2D eigenvalue weighted by Crippen LogP contribution is 2.04. The molecule has 0 aliphatic rings. The number of aryl methyl sites for hydroxylation is 1. The van der Waals surface area contributed by atoms with Gasteiger partial charge in [0.15, 0.2) is 5.96 Å². The summed E-state index contributed by atoms with van der Waals surface area (Å²) in [5.74, 6) is 1.18. The van der Waals surface area contributed by atoms with Gasteiger partial charge in [-0.3, -0.25) is 0 Å². The average molecular weight is 449 g/mol. The monoisotopic (exact) mass is 449 g/mol. The van der Waals surface area contributed by atoms with Gasteiger partial charge >= 0.3 is 0 Å². The number of ether oxygens (including phenoxy) is 1. The Labute approximate surface area is 163 Å². The molecule has 1 aromatic carbocycles. The van der Waals surface area contributed by atoms with Gasteiger partial charge < -0.3 is 20.5 Å². The lowest BCUT2D eigenvalue weighted by atomic mass is 10.1. The Morgan fingerprint density at radius 3 is 2.42 bits per heavy atom. The number of nitrogens with one attached hydrogen (secondary N) is 2. The van der Waals surface area contributed by atoms with Crippen molar-refractivity contribution in [2.24, 2.45) is 10.9 Å². The second-order valence-corrected chi connectivity index (χ2v) is 6.15. The van der Waals surface area contributed by atoms with E-state index in [9.17, 15) is 5.11 Å². The summed E-state index contributed by atoms with van der Waals surface area (Å²) >= 11 is 0. The van der Waals surface area contributed by atoms with Crippen LogP contribution in [0.4, 0.5) is 0 Å². The van der Waals surface area contributed by atoms with Crippen molar-refractivity contribution >= 4 is 29.9 Å². The molecule has 3 N–H and O–H groups in total. The Hall–Kier alpha value is -0.860. The van der Waals surface area contributed by atoms with Crippen molar-refractivity contribution in [2.45, 2.75) is 40.3 Å². The summed E-state index contributed by atoms with van der Waals surface area (Å²) in [6.07, 6.45) is -0.544. The van der Waals surface area contributed by atoms with E-state index in [4.69, 9.17) is 4.74 Å². The minimum Gasteiger partial charge on any atom is -0.389 e. The Morgan fingerprint density at radius 1 is 1.17 bits per heavy atom. The van der Waals surface area contributed by atoms with Gasteiger partial charge in [-0.25, -0.2) is 4.99 Å². The lowest BCUT2D eigenvalue weighted by Crippen LogP contribution is -2.42. The first kappa shape index (κ1) is 23.1. The highest BCUT2D eigenvalue weighted by Gasteiger charge is 2.06. The van der Waals surface area contributed by atoms with Gasteiger partial charge in [0.05, 0.1) is 19.3 Å². The van der Waals surface area contributed by atoms with Gasteiger partial charge in [-0.1, -0.05) is 43.7 Å². The van der Waals surface area contributed by atoms with Gasteiger partial charge in [-0.05, 0) is 25.3 Å². The fourth-order valence-corrected chi connectivity index (χ4v) is 1.92. The van der Waals surface area contributed by atoms with Crippen LogP contribution in [0.3, 0.4) is 0 Å². The predicted molar refractivity (Wildman–Crippen MR) is 111 cm³/mol. The third-order valence-electron chi connectivity index (χ3n) is 3.15. The van der Waals surface area contributed by atoms with Crippen LogP contribution in [-0.2, 0) is 11.3 Å². The second kappa shape index (κ2) is 13.4. The molecule has 0 aromatic heterocycles. The molecule has 0 radical (unpaired) electrons. The summed E-state index contributed by atoms with van der Waals surface area (Å²) in [4.78, 5) is 4.54. The molecule has 0 fully saturated rings. The van der Waals surface area contributed by atoms with Crippen LogP contribution in [0.1, 0.15) is 31.9 Å². The molecular formula is C18H32IN3O2. The molecule has 5 nitrogen and oxygen atoms in total. The molecule has 6 heteroatoms. The minimum absolute atomic E-state index is 0. The summed E-state index contributed by atoms with van der Waals surface area (Å²) in [6.45, 7) is 11.1. The summed E-state index contributed by atoms with van der Waals surface area (Å²) < 4.78 is 5.44. The summed E-state index contributed by atoms with van der Waals surface area (Å²) in [5, 5.41) is 16.3. The SMILES string of the molecule is CCNC(=NCc1ccc(C)cc1)NCC(O)COCC(C)C.I. The first-order valence-corrected chi connectivity index (χ1v) is 8.34. The molecule has 0 bridgehead atoms. The highest BCUT2D eigenvalue weighted by molar-refractivity contribution is 14.0. The van der Waals surface area contributed by atoms with E-state index in [2.05, 4.69) is 60.7 Å². The number of hydrogen-bond acceptors (Lipinski definition) is 3. The number of hydrogen-bond donors (Lipinski definition) is 3. The van der Waals surface area contributed by atoms with Gasteiger partial charge in [0.2, 0.25) is 0 Å². The molecule has 0 saturated carbocycles. The fraction of sp³-hybridized carbons (Fsp3) is 0.611. The van der Waals surface area contributed by atoms with Gasteiger partial charge in [-0.2, -0.15) is 0 Å². The van der Waals surface area contributed by atoms with Crippen LogP contribution in [0.5, 0.6) is 0 Å². The standard InChI is InChI=1S/C18H31N3O2.HI/c1-5-19-18(20-10-16-8-6-15(4)7-9-16)21-11-17(22)13-23-12-14(2)3;/h6-9,14,17,22H,5,10-13H2,1-4H3,(H2,19,20,21);1H. The van der Waals surface area contributed by atoms with Crippen molar-refractivity contribution < 1.29 is 9.84 Å². The average Bonchev–Trinajstić information content (AvgIpc) is 2.51. The van der Waals surface area contributed by atoms with E-state index in [1.807, 2.05) is 6.92 Å². The van der Waals surface area contributed by atoms with Crippen LogP contribution in [0.2, 0.25) is 0 Å².